The van der Waals surface area contributed by atoms with E-state index in [1.54, 1.807) is 26.0 Å². The molecular weight excluding hydrogens is 218 g/mol. The zero-order chi connectivity index (χ0) is 13.1. The second-order valence-corrected chi connectivity index (χ2v) is 4.35. The molecular formula is C12H15N3O2. The molecule has 0 saturated heterocycles. The van der Waals surface area contributed by atoms with Crippen molar-refractivity contribution in [2.24, 2.45) is 11.1 Å². The summed E-state index contributed by atoms with van der Waals surface area (Å²) in [5, 5.41) is 18.4. The standard InChI is InChI=1S/C12H15N3O2/c1-12(2,11(14)17)9(6-13)8-4-3-5-15-10(8)7-16/h3-5,9,16H,7H2,1-2H3,(H2,14,17)/t9-/m0/s1. The number of hydrogen-bond acceptors (Lipinski definition) is 4. The van der Waals surface area contributed by atoms with Crippen molar-refractivity contribution in [1.29, 1.82) is 5.26 Å². The molecule has 0 fully saturated rings. The number of carbonyl (C=O) groups excluding carboxylic acids is 1. The molecule has 0 spiro atoms. The fraction of sp³-hybridized carbons (Fsp3) is 0.417. The van der Waals surface area contributed by atoms with Gasteiger partial charge in [0.2, 0.25) is 5.91 Å². The van der Waals surface area contributed by atoms with Crippen molar-refractivity contribution < 1.29 is 9.90 Å². The minimum Gasteiger partial charge on any atom is -0.390 e. The van der Waals surface area contributed by atoms with E-state index in [0.29, 0.717) is 11.3 Å². The SMILES string of the molecule is CC(C)(C(N)=O)[C@@H](C#N)c1cccnc1CO. The molecule has 5 heteroatoms. The van der Waals surface area contributed by atoms with E-state index in [1.807, 2.05) is 0 Å². The number of carbonyl (C=O) groups is 1. The maximum atomic E-state index is 11.4. The smallest absolute Gasteiger partial charge is 0.224 e. The van der Waals surface area contributed by atoms with Gasteiger partial charge in [-0.3, -0.25) is 9.78 Å². The summed E-state index contributed by atoms with van der Waals surface area (Å²) < 4.78 is 0. The first-order valence-corrected chi connectivity index (χ1v) is 5.19. The summed E-state index contributed by atoms with van der Waals surface area (Å²) in [6.45, 7) is 2.94. The Bertz CT molecular complexity index is 463. The molecule has 3 N–H and O–H groups in total. The van der Waals surface area contributed by atoms with E-state index >= 15 is 0 Å². The van der Waals surface area contributed by atoms with Gasteiger partial charge in [0.15, 0.2) is 0 Å². The number of hydrogen-bond donors (Lipinski definition) is 2. The summed E-state index contributed by atoms with van der Waals surface area (Å²) in [5.41, 5.74) is 5.23. The maximum absolute atomic E-state index is 11.4. The van der Waals surface area contributed by atoms with Crippen LogP contribution in [0.5, 0.6) is 0 Å². The van der Waals surface area contributed by atoms with Crippen LogP contribution in [0.1, 0.15) is 31.0 Å². The van der Waals surface area contributed by atoms with Crippen molar-refractivity contribution >= 4 is 5.91 Å². The van der Waals surface area contributed by atoms with Gasteiger partial charge in [0.25, 0.3) is 0 Å². The van der Waals surface area contributed by atoms with Crippen LogP contribution in [-0.4, -0.2) is 16.0 Å². The number of aliphatic hydroxyl groups excluding tert-OH is 1. The zero-order valence-electron chi connectivity index (χ0n) is 9.84. The van der Waals surface area contributed by atoms with Crippen molar-refractivity contribution in [3.63, 3.8) is 0 Å². The van der Waals surface area contributed by atoms with Gasteiger partial charge in [0, 0.05) is 6.20 Å². The largest absolute Gasteiger partial charge is 0.390 e. The second kappa shape index (κ2) is 4.93. The third kappa shape index (κ3) is 2.43. The number of nitrogens with zero attached hydrogens (tertiary/aromatic N) is 2. The summed E-state index contributed by atoms with van der Waals surface area (Å²) in [6.07, 6.45) is 1.53. The monoisotopic (exact) mass is 233 g/mol. The van der Waals surface area contributed by atoms with Gasteiger partial charge in [-0.15, -0.1) is 0 Å². The Morgan fingerprint density at radius 1 is 1.71 bits per heavy atom. The van der Waals surface area contributed by atoms with Crippen LogP contribution in [0.4, 0.5) is 0 Å². The molecule has 90 valence electrons. The lowest BCUT2D eigenvalue weighted by Gasteiger charge is -2.27. The molecule has 0 radical (unpaired) electrons. The zero-order valence-corrected chi connectivity index (χ0v) is 9.84. The highest BCUT2D eigenvalue weighted by Gasteiger charge is 2.37. The van der Waals surface area contributed by atoms with E-state index in [4.69, 9.17) is 5.73 Å². The number of aromatic nitrogens is 1. The van der Waals surface area contributed by atoms with Gasteiger partial charge in [-0.1, -0.05) is 6.07 Å². The van der Waals surface area contributed by atoms with Gasteiger partial charge in [-0.05, 0) is 25.5 Å². The molecule has 1 atom stereocenters. The molecule has 0 aliphatic carbocycles. The number of aliphatic hydroxyl groups is 1. The predicted molar refractivity (Wildman–Crippen MR) is 61.5 cm³/mol. The van der Waals surface area contributed by atoms with Gasteiger partial charge in [-0.2, -0.15) is 5.26 Å². The minimum absolute atomic E-state index is 0.275. The Labute approximate surface area is 99.9 Å². The molecule has 0 saturated carbocycles. The van der Waals surface area contributed by atoms with Crippen molar-refractivity contribution in [2.75, 3.05) is 0 Å². The summed E-state index contributed by atoms with van der Waals surface area (Å²) in [5.74, 6) is -1.28. The lowest BCUT2D eigenvalue weighted by Crippen LogP contribution is -2.37. The lowest BCUT2D eigenvalue weighted by atomic mass is 9.74. The van der Waals surface area contributed by atoms with Gasteiger partial charge < -0.3 is 10.8 Å². The molecule has 1 aromatic rings. The van der Waals surface area contributed by atoms with Crippen molar-refractivity contribution in [1.82, 2.24) is 4.98 Å². The molecule has 0 aromatic carbocycles. The number of rotatable bonds is 4. The van der Waals surface area contributed by atoms with Crippen LogP contribution in [0.3, 0.4) is 0 Å². The molecule has 17 heavy (non-hydrogen) atoms. The summed E-state index contributed by atoms with van der Waals surface area (Å²) in [7, 11) is 0. The number of nitriles is 1. The quantitative estimate of drug-likeness (QED) is 0.799. The third-order valence-corrected chi connectivity index (χ3v) is 2.87. The predicted octanol–water partition coefficient (Wildman–Crippen LogP) is 0.693. The Balaban J connectivity index is 3.29. The number of amides is 1. The van der Waals surface area contributed by atoms with E-state index in [-0.39, 0.29) is 6.61 Å². The van der Waals surface area contributed by atoms with E-state index in [9.17, 15) is 15.2 Å². The maximum Gasteiger partial charge on any atom is 0.224 e. The Morgan fingerprint density at radius 3 is 2.82 bits per heavy atom. The number of pyridine rings is 1. The van der Waals surface area contributed by atoms with Crippen LogP contribution in [-0.2, 0) is 11.4 Å². The lowest BCUT2D eigenvalue weighted by molar-refractivity contribution is -0.126. The van der Waals surface area contributed by atoms with Gasteiger partial charge >= 0.3 is 0 Å². The third-order valence-electron chi connectivity index (χ3n) is 2.87. The minimum atomic E-state index is -1.01. The molecule has 1 amide bonds. The Kier molecular flexibility index (Phi) is 3.81. The topological polar surface area (TPSA) is 100 Å². The van der Waals surface area contributed by atoms with E-state index < -0.39 is 17.2 Å². The summed E-state index contributed by atoms with van der Waals surface area (Å²) in [4.78, 5) is 15.4. The number of primary amides is 1. The highest BCUT2D eigenvalue weighted by atomic mass is 16.3. The van der Waals surface area contributed by atoms with Crippen LogP contribution >= 0.6 is 0 Å². The van der Waals surface area contributed by atoms with Crippen LogP contribution < -0.4 is 5.73 Å². The summed E-state index contributed by atoms with van der Waals surface area (Å²) in [6, 6.07) is 5.40. The molecule has 5 nitrogen and oxygen atoms in total. The average molecular weight is 233 g/mol. The molecule has 0 bridgehead atoms. The average Bonchev–Trinajstić information content (AvgIpc) is 2.30. The molecule has 0 unspecified atom stereocenters. The van der Waals surface area contributed by atoms with Crippen LogP contribution in [0.15, 0.2) is 18.3 Å². The molecule has 1 rings (SSSR count). The van der Waals surface area contributed by atoms with Crippen LogP contribution in [0.25, 0.3) is 0 Å². The first-order valence-electron chi connectivity index (χ1n) is 5.19. The molecule has 0 aliphatic rings. The normalized spacial score (nSPS) is 12.8. The van der Waals surface area contributed by atoms with Gasteiger partial charge in [0.05, 0.1) is 29.7 Å². The highest BCUT2D eigenvalue weighted by molar-refractivity contribution is 5.81. The van der Waals surface area contributed by atoms with Gasteiger partial charge in [0.1, 0.15) is 0 Å². The van der Waals surface area contributed by atoms with Crippen molar-refractivity contribution in [3.8, 4) is 6.07 Å². The fourth-order valence-corrected chi connectivity index (χ4v) is 1.61. The van der Waals surface area contributed by atoms with E-state index in [0.717, 1.165) is 0 Å². The van der Waals surface area contributed by atoms with Crippen LogP contribution in [0, 0.1) is 16.7 Å². The van der Waals surface area contributed by atoms with Crippen molar-refractivity contribution in [2.45, 2.75) is 26.4 Å². The highest BCUT2D eigenvalue weighted by Crippen LogP contribution is 2.35. The first kappa shape index (κ1) is 13.1. The number of nitrogens with two attached hydrogens (primary N) is 1. The Hall–Kier alpha value is -1.93. The summed E-state index contributed by atoms with van der Waals surface area (Å²) >= 11 is 0. The Morgan fingerprint density at radius 2 is 2.35 bits per heavy atom. The van der Waals surface area contributed by atoms with Crippen LogP contribution in [0.2, 0.25) is 0 Å². The first-order chi connectivity index (χ1) is 7.95. The fourth-order valence-electron chi connectivity index (χ4n) is 1.61. The van der Waals surface area contributed by atoms with Crippen molar-refractivity contribution in [3.05, 3.63) is 29.6 Å². The second-order valence-electron chi connectivity index (χ2n) is 4.35. The molecule has 1 heterocycles. The molecule has 1 aromatic heterocycles. The van der Waals surface area contributed by atoms with E-state index in [1.165, 1.54) is 6.20 Å². The molecule has 0 aliphatic heterocycles. The van der Waals surface area contributed by atoms with E-state index in [2.05, 4.69) is 11.1 Å². The van der Waals surface area contributed by atoms with Gasteiger partial charge in [-0.25, -0.2) is 0 Å².